The molecule has 0 N–H and O–H groups in total. The molecule has 0 radical (unpaired) electrons. The fourth-order valence-electron chi connectivity index (χ4n) is 4.60. The van der Waals surface area contributed by atoms with Crippen molar-refractivity contribution in [1.82, 2.24) is 24.3 Å². The SMILES string of the molecule is CCn1c(CN2CCOC(c3cc(C(=O)N(C)C)c4ccccc4n3)C2)nc2ccccc21. The van der Waals surface area contributed by atoms with Crippen molar-refractivity contribution in [3.8, 4) is 0 Å². The quantitative estimate of drug-likeness (QED) is 0.468. The minimum absolute atomic E-state index is 0.0285. The van der Waals surface area contributed by atoms with Crippen LogP contribution >= 0.6 is 0 Å². The van der Waals surface area contributed by atoms with Gasteiger partial charge < -0.3 is 14.2 Å². The number of aryl methyl sites for hydroxylation is 1. The molecule has 2 aromatic heterocycles. The number of nitrogens with zero attached hydrogens (tertiary/aromatic N) is 5. The second kappa shape index (κ2) is 8.92. The van der Waals surface area contributed by atoms with Gasteiger partial charge in [0.1, 0.15) is 11.9 Å². The Labute approximate surface area is 193 Å². The minimum atomic E-state index is -0.198. The number of amides is 1. The monoisotopic (exact) mass is 443 g/mol. The molecule has 0 bridgehead atoms. The third-order valence-electron chi connectivity index (χ3n) is 6.27. The Kier molecular flexibility index (Phi) is 5.83. The Morgan fingerprint density at radius 3 is 2.64 bits per heavy atom. The minimum Gasteiger partial charge on any atom is -0.369 e. The van der Waals surface area contributed by atoms with Crippen LogP contribution in [0, 0.1) is 0 Å². The van der Waals surface area contributed by atoms with Gasteiger partial charge in [0.2, 0.25) is 0 Å². The number of ether oxygens (including phenoxy) is 1. The lowest BCUT2D eigenvalue weighted by Gasteiger charge is -2.32. The van der Waals surface area contributed by atoms with Gasteiger partial charge in [-0.3, -0.25) is 9.69 Å². The van der Waals surface area contributed by atoms with Gasteiger partial charge >= 0.3 is 0 Å². The van der Waals surface area contributed by atoms with Gasteiger partial charge in [0.05, 0.1) is 41.0 Å². The summed E-state index contributed by atoms with van der Waals surface area (Å²) in [4.78, 5) is 26.6. The zero-order chi connectivity index (χ0) is 22.9. The van der Waals surface area contributed by atoms with E-state index >= 15 is 0 Å². The average Bonchev–Trinajstić information content (AvgIpc) is 3.19. The number of rotatable bonds is 5. The summed E-state index contributed by atoms with van der Waals surface area (Å²) in [5, 5.41) is 0.865. The number of carbonyl (C=O) groups is 1. The molecule has 0 aliphatic carbocycles. The van der Waals surface area contributed by atoms with E-state index in [9.17, 15) is 4.79 Å². The number of para-hydroxylation sites is 3. The van der Waals surface area contributed by atoms with Crippen LogP contribution in [-0.4, -0.2) is 64.0 Å². The van der Waals surface area contributed by atoms with Crippen molar-refractivity contribution in [2.24, 2.45) is 0 Å². The molecule has 170 valence electrons. The molecule has 2 aromatic carbocycles. The van der Waals surface area contributed by atoms with Crippen molar-refractivity contribution >= 4 is 27.8 Å². The molecule has 7 heteroatoms. The van der Waals surface area contributed by atoms with Crippen LogP contribution in [-0.2, 0) is 17.8 Å². The standard InChI is InChI=1S/C26H29N5O2/c1-4-31-23-12-8-7-11-21(23)28-25(31)17-30-13-14-33-24(16-30)22-15-19(26(32)29(2)3)18-9-5-6-10-20(18)27-22/h5-12,15,24H,4,13-14,16-17H2,1-3H3. The number of benzene rings is 2. The summed E-state index contributed by atoms with van der Waals surface area (Å²) in [6.45, 7) is 5.93. The molecule has 33 heavy (non-hydrogen) atoms. The highest BCUT2D eigenvalue weighted by atomic mass is 16.5. The molecule has 4 aromatic rings. The first-order valence-electron chi connectivity index (χ1n) is 11.4. The molecule has 3 heterocycles. The highest BCUT2D eigenvalue weighted by molar-refractivity contribution is 6.06. The average molecular weight is 444 g/mol. The molecule has 1 fully saturated rings. The van der Waals surface area contributed by atoms with Gasteiger partial charge in [0, 0.05) is 39.1 Å². The molecule has 1 amide bonds. The van der Waals surface area contributed by atoms with Crippen molar-refractivity contribution < 1.29 is 9.53 Å². The number of aromatic nitrogens is 3. The van der Waals surface area contributed by atoms with Gasteiger partial charge in [0.25, 0.3) is 5.91 Å². The van der Waals surface area contributed by atoms with E-state index in [4.69, 9.17) is 14.7 Å². The summed E-state index contributed by atoms with van der Waals surface area (Å²) in [5.74, 6) is 1.04. The molecule has 0 saturated carbocycles. The van der Waals surface area contributed by atoms with Crippen LogP contribution in [0.1, 0.15) is 34.9 Å². The summed E-state index contributed by atoms with van der Waals surface area (Å²) in [6.07, 6.45) is -0.198. The number of hydrogen-bond donors (Lipinski definition) is 0. The predicted octanol–water partition coefficient (Wildman–Crippen LogP) is 3.88. The molecular weight excluding hydrogens is 414 g/mol. The van der Waals surface area contributed by atoms with Gasteiger partial charge in [-0.2, -0.15) is 0 Å². The third kappa shape index (κ3) is 4.10. The molecule has 1 atom stereocenters. The number of imidazole rings is 1. The highest BCUT2D eigenvalue weighted by Gasteiger charge is 2.26. The Morgan fingerprint density at radius 1 is 1.09 bits per heavy atom. The van der Waals surface area contributed by atoms with E-state index in [0.29, 0.717) is 18.7 Å². The molecule has 7 nitrogen and oxygen atoms in total. The summed E-state index contributed by atoms with van der Waals surface area (Å²) in [5.41, 5.74) is 4.47. The van der Waals surface area contributed by atoms with E-state index in [2.05, 4.69) is 34.6 Å². The summed E-state index contributed by atoms with van der Waals surface area (Å²) in [7, 11) is 3.55. The second-order valence-electron chi connectivity index (χ2n) is 8.67. The molecule has 1 aliphatic rings. The van der Waals surface area contributed by atoms with Gasteiger partial charge in [-0.1, -0.05) is 30.3 Å². The molecule has 1 unspecified atom stereocenters. The van der Waals surface area contributed by atoms with Gasteiger partial charge in [-0.25, -0.2) is 9.97 Å². The topological polar surface area (TPSA) is 63.5 Å². The first-order chi connectivity index (χ1) is 16.0. The van der Waals surface area contributed by atoms with E-state index in [1.807, 2.05) is 36.4 Å². The van der Waals surface area contributed by atoms with E-state index in [1.165, 1.54) is 5.52 Å². The number of carbonyl (C=O) groups excluding carboxylic acids is 1. The Bertz CT molecular complexity index is 1310. The van der Waals surface area contributed by atoms with Gasteiger partial charge in [-0.15, -0.1) is 0 Å². The first kappa shape index (κ1) is 21.6. The van der Waals surface area contributed by atoms with Crippen molar-refractivity contribution in [2.75, 3.05) is 33.8 Å². The molecular formula is C26H29N5O2. The van der Waals surface area contributed by atoms with Crippen molar-refractivity contribution in [1.29, 1.82) is 0 Å². The van der Waals surface area contributed by atoms with Crippen LogP contribution in [0.15, 0.2) is 54.6 Å². The van der Waals surface area contributed by atoms with Crippen LogP contribution in [0.2, 0.25) is 0 Å². The maximum Gasteiger partial charge on any atom is 0.254 e. The number of pyridine rings is 1. The van der Waals surface area contributed by atoms with Gasteiger partial charge in [-0.05, 0) is 31.2 Å². The zero-order valence-corrected chi connectivity index (χ0v) is 19.4. The molecule has 5 rings (SSSR count). The lowest BCUT2D eigenvalue weighted by Crippen LogP contribution is -2.38. The Hall–Kier alpha value is -3.29. The maximum atomic E-state index is 12.9. The van der Waals surface area contributed by atoms with E-state index in [0.717, 1.165) is 47.6 Å². The summed E-state index contributed by atoms with van der Waals surface area (Å²) < 4.78 is 8.42. The van der Waals surface area contributed by atoms with Crippen LogP contribution in [0.3, 0.4) is 0 Å². The van der Waals surface area contributed by atoms with E-state index in [1.54, 1.807) is 19.0 Å². The van der Waals surface area contributed by atoms with Gasteiger partial charge in [0.15, 0.2) is 0 Å². The van der Waals surface area contributed by atoms with Crippen LogP contribution in [0.4, 0.5) is 0 Å². The first-order valence-corrected chi connectivity index (χ1v) is 11.4. The fraction of sp³-hybridized carbons (Fsp3) is 0.346. The number of fused-ring (bicyclic) bond motifs is 2. The second-order valence-corrected chi connectivity index (χ2v) is 8.67. The lowest BCUT2D eigenvalue weighted by molar-refractivity contribution is -0.0358. The summed E-state index contributed by atoms with van der Waals surface area (Å²) in [6, 6.07) is 18.0. The van der Waals surface area contributed by atoms with Crippen LogP contribution in [0.5, 0.6) is 0 Å². The molecule has 1 saturated heterocycles. The number of morpholine rings is 1. The maximum absolute atomic E-state index is 12.9. The van der Waals surface area contributed by atoms with Crippen molar-refractivity contribution in [3.63, 3.8) is 0 Å². The zero-order valence-electron chi connectivity index (χ0n) is 19.4. The van der Waals surface area contributed by atoms with Crippen molar-refractivity contribution in [3.05, 3.63) is 71.7 Å². The largest absolute Gasteiger partial charge is 0.369 e. The highest BCUT2D eigenvalue weighted by Crippen LogP contribution is 2.27. The Morgan fingerprint density at radius 2 is 1.85 bits per heavy atom. The number of hydrogen-bond acceptors (Lipinski definition) is 5. The molecule has 1 aliphatic heterocycles. The van der Waals surface area contributed by atoms with Crippen LogP contribution < -0.4 is 0 Å². The smallest absolute Gasteiger partial charge is 0.254 e. The third-order valence-corrected chi connectivity index (χ3v) is 6.27. The fourth-order valence-corrected chi connectivity index (χ4v) is 4.60. The summed E-state index contributed by atoms with van der Waals surface area (Å²) >= 11 is 0. The molecule has 0 spiro atoms. The van der Waals surface area contributed by atoms with E-state index in [-0.39, 0.29) is 12.0 Å². The lowest BCUT2D eigenvalue weighted by atomic mass is 10.0. The predicted molar refractivity (Wildman–Crippen MR) is 129 cm³/mol. The van der Waals surface area contributed by atoms with E-state index < -0.39 is 0 Å². The van der Waals surface area contributed by atoms with Crippen LogP contribution in [0.25, 0.3) is 21.9 Å². The normalized spacial score (nSPS) is 17.0. The van der Waals surface area contributed by atoms with Crippen molar-refractivity contribution in [2.45, 2.75) is 26.1 Å². The Balaban J connectivity index is 1.44.